The molecule has 30 heavy (non-hydrogen) atoms. The maximum Gasteiger partial charge on any atom is 0.369 e. The Morgan fingerprint density at radius 3 is 1.73 bits per heavy atom. The Hall–Kier alpha value is -1.00. The van der Waals surface area contributed by atoms with Gasteiger partial charge in [0.05, 0.1) is 6.61 Å². The van der Waals surface area contributed by atoms with E-state index >= 15 is 0 Å². The lowest BCUT2D eigenvalue weighted by Gasteiger charge is -2.38. The molecular weight excluding hydrogens is 392 g/mol. The molecule has 0 amide bonds. The average molecular weight is 433 g/mol. The van der Waals surface area contributed by atoms with Gasteiger partial charge in [-0.05, 0) is 74.2 Å². The molecule has 0 aromatic heterocycles. The fourth-order valence-corrected chi connectivity index (χ4v) is 5.35. The van der Waals surface area contributed by atoms with Gasteiger partial charge in [0.1, 0.15) is 0 Å². The van der Waals surface area contributed by atoms with E-state index < -0.39 is 23.2 Å². The van der Waals surface area contributed by atoms with Crippen LogP contribution in [0.1, 0.15) is 90.9 Å². The third-order valence-electron chi connectivity index (χ3n) is 7.38. The van der Waals surface area contributed by atoms with Crippen LogP contribution in [0.25, 0.3) is 0 Å². The van der Waals surface area contributed by atoms with E-state index in [0.717, 1.165) is 43.4 Å². The molecule has 0 radical (unpaired) electrons. The summed E-state index contributed by atoms with van der Waals surface area (Å²) in [6, 6.07) is 0. The van der Waals surface area contributed by atoms with Gasteiger partial charge in [-0.3, -0.25) is 0 Å². The largest absolute Gasteiger partial charge is 0.492 e. The molecule has 2 aliphatic carbocycles. The standard InChI is InChI=1S/C25H40F4O/c1-5-7-18(3)24(26,27)25(28,29)19(4)30-17-21-11-15-23(16-12-21)22-13-9-20(8-6-2)10-14-22/h20-23H,3-17H2,1-2H3. The minimum atomic E-state index is -4.44. The highest BCUT2D eigenvalue weighted by molar-refractivity contribution is 5.21. The number of allylic oxidation sites excluding steroid dienone is 2. The van der Waals surface area contributed by atoms with Crippen LogP contribution in [-0.4, -0.2) is 18.5 Å². The van der Waals surface area contributed by atoms with Crippen molar-refractivity contribution < 1.29 is 22.3 Å². The van der Waals surface area contributed by atoms with Gasteiger partial charge < -0.3 is 4.74 Å². The second-order valence-electron chi connectivity index (χ2n) is 9.59. The molecule has 0 unspecified atom stereocenters. The van der Waals surface area contributed by atoms with Crippen LogP contribution < -0.4 is 0 Å². The lowest BCUT2D eigenvalue weighted by atomic mass is 9.69. The molecule has 2 aliphatic rings. The Balaban J connectivity index is 1.76. The van der Waals surface area contributed by atoms with Crippen molar-refractivity contribution in [1.82, 2.24) is 0 Å². The Labute approximate surface area is 180 Å². The molecule has 2 saturated carbocycles. The van der Waals surface area contributed by atoms with Crippen molar-refractivity contribution in [2.75, 3.05) is 6.61 Å². The molecule has 5 heteroatoms. The van der Waals surface area contributed by atoms with E-state index in [0.29, 0.717) is 6.42 Å². The van der Waals surface area contributed by atoms with Crippen LogP contribution in [-0.2, 0) is 4.74 Å². The van der Waals surface area contributed by atoms with Crippen molar-refractivity contribution in [2.24, 2.45) is 23.7 Å². The summed E-state index contributed by atoms with van der Waals surface area (Å²) < 4.78 is 62.0. The SMILES string of the molecule is C=C(CCC)C(F)(F)C(F)(F)C(=C)OCC1CCC(C2CCC(CCC)CC2)CC1. The van der Waals surface area contributed by atoms with Gasteiger partial charge in [0.2, 0.25) is 0 Å². The van der Waals surface area contributed by atoms with E-state index in [1.807, 2.05) is 0 Å². The van der Waals surface area contributed by atoms with Crippen molar-refractivity contribution in [2.45, 2.75) is 103 Å². The predicted molar refractivity (Wildman–Crippen MR) is 115 cm³/mol. The molecule has 0 heterocycles. The minimum absolute atomic E-state index is 0.0424. The Bertz CT molecular complexity index is 555. The summed E-state index contributed by atoms with van der Waals surface area (Å²) in [5, 5.41) is 0. The summed E-state index contributed by atoms with van der Waals surface area (Å²) in [7, 11) is 0. The monoisotopic (exact) mass is 432 g/mol. The minimum Gasteiger partial charge on any atom is -0.492 e. The van der Waals surface area contributed by atoms with Crippen LogP contribution in [0, 0.1) is 23.7 Å². The van der Waals surface area contributed by atoms with Gasteiger partial charge >= 0.3 is 11.8 Å². The van der Waals surface area contributed by atoms with Crippen LogP contribution in [0.3, 0.4) is 0 Å². The van der Waals surface area contributed by atoms with Crippen LogP contribution >= 0.6 is 0 Å². The average Bonchev–Trinajstić information content (AvgIpc) is 2.73. The maximum atomic E-state index is 14.3. The van der Waals surface area contributed by atoms with E-state index in [1.54, 1.807) is 6.92 Å². The first-order valence-electron chi connectivity index (χ1n) is 11.9. The van der Waals surface area contributed by atoms with Crippen LogP contribution in [0.5, 0.6) is 0 Å². The Morgan fingerprint density at radius 1 is 0.767 bits per heavy atom. The predicted octanol–water partition coefficient (Wildman–Crippen LogP) is 8.56. The number of hydrogen-bond acceptors (Lipinski definition) is 1. The molecule has 0 bridgehead atoms. The first-order chi connectivity index (χ1) is 14.1. The highest BCUT2D eigenvalue weighted by Gasteiger charge is 2.60. The third kappa shape index (κ3) is 6.03. The van der Waals surface area contributed by atoms with Gasteiger partial charge in [-0.25, -0.2) is 0 Å². The smallest absolute Gasteiger partial charge is 0.369 e. The molecule has 0 spiro atoms. The zero-order valence-electron chi connectivity index (χ0n) is 18.8. The summed E-state index contributed by atoms with van der Waals surface area (Å²) >= 11 is 0. The Kier molecular flexibility index (Phi) is 9.30. The highest BCUT2D eigenvalue weighted by atomic mass is 19.3. The Morgan fingerprint density at radius 2 is 1.27 bits per heavy atom. The number of ether oxygens (including phenoxy) is 1. The lowest BCUT2D eigenvalue weighted by molar-refractivity contribution is -0.185. The van der Waals surface area contributed by atoms with Crippen molar-refractivity contribution in [1.29, 1.82) is 0 Å². The summed E-state index contributed by atoms with van der Waals surface area (Å²) in [5.74, 6) is -7.37. The van der Waals surface area contributed by atoms with E-state index in [-0.39, 0.29) is 18.9 Å². The summed E-state index contributed by atoms with van der Waals surface area (Å²) in [4.78, 5) is 0. The van der Waals surface area contributed by atoms with Crippen molar-refractivity contribution >= 4 is 0 Å². The fraction of sp³-hybridized carbons (Fsp3) is 0.840. The molecular formula is C25H40F4O. The molecule has 0 atom stereocenters. The lowest BCUT2D eigenvalue weighted by Crippen LogP contribution is -2.44. The second kappa shape index (κ2) is 11.0. The van der Waals surface area contributed by atoms with E-state index in [9.17, 15) is 17.6 Å². The van der Waals surface area contributed by atoms with Crippen molar-refractivity contribution in [3.8, 4) is 0 Å². The van der Waals surface area contributed by atoms with E-state index in [1.165, 1.54) is 38.5 Å². The first kappa shape index (κ1) is 25.3. The summed E-state index contributed by atoms with van der Waals surface area (Å²) in [5.41, 5.74) is -0.770. The summed E-state index contributed by atoms with van der Waals surface area (Å²) in [6.07, 6.45) is 12.1. The molecule has 0 N–H and O–H groups in total. The fourth-order valence-electron chi connectivity index (χ4n) is 5.35. The van der Waals surface area contributed by atoms with Crippen LogP contribution in [0.4, 0.5) is 17.6 Å². The van der Waals surface area contributed by atoms with Gasteiger partial charge in [0.25, 0.3) is 0 Å². The molecule has 2 fully saturated rings. The van der Waals surface area contributed by atoms with E-state index in [2.05, 4.69) is 20.1 Å². The molecule has 0 aromatic rings. The van der Waals surface area contributed by atoms with Gasteiger partial charge in [0, 0.05) is 0 Å². The van der Waals surface area contributed by atoms with Crippen molar-refractivity contribution in [3.05, 3.63) is 24.5 Å². The molecule has 0 aliphatic heterocycles. The van der Waals surface area contributed by atoms with Crippen LogP contribution in [0.2, 0.25) is 0 Å². The quantitative estimate of drug-likeness (QED) is 0.180. The second-order valence-corrected chi connectivity index (χ2v) is 9.59. The van der Waals surface area contributed by atoms with Crippen molar-refractivity contribution in [3.63, 3.8) is 0 Å². The number of rotatable bonds is 11. The van der Waals surface area contributed by atoms with Gasteiger partial charge in [-0.15, -0.1) is 0 Å². The van der Waals surface area contributed by atoms with Gasteiger partial charge in [-0.2, -0.15) is 17.6 Å². The third-order valence-corrected chi connectivity index (χ3v) is 7.38. The molecule has 0 saturated heterocycles. The number of alkyl halides is 4. The number of halogens is 4. The molecule has 1 nitrogen and oxygen atoms in total. The van der Waals surface area contributed by atoms with Gasteiger partial charge in [-0.1, -0.05) is 59.1 Å². The zero-order valence-corrected chi connectivity index (χ0v) is 18.8. The first-order valence-corrected chi connectivity index (χ1v) is 11.9. The van der Waals surface area contributed by atoms with Gasteiger partial charge in [0.15, 0.2) is 5.76 Å². The molecule has 2 rings (SSSR count). The number of hydrogen-bond donors (Lipinski definition) is 0. The van der Waals surface area contributed by atoms with E-state index in [4.69, 9.17) is 4.74 Å². The molecule has 174 valence electrons. The zero-order chi connectivity index (χ0) is 22.4. The summed E-state index contributed by atoms with van der Waals surface area (Å²) in [6.45, 7) is 10.2. The topological polar surface area (TPSA) is 9.23 Å². The normalized spacial score (nSPS) is 28.2. The van der Waals surface area contributed by atoms with Crippen LogP contribution in [0.15, 0.2) is 24.5 Å². The highest BCUT2D eigenvalue weighted by Crippen LogP contribution is 2.46. The maximum absolute atomic E-state index is 14.3. The molecule has 0 aromatic carbocycles.